The van der Waals surface area contributed by atoms with Crippen molar-refractivity contribution in [3.05, 3.63) is 35.4 Å². The Morgan fingerprint density at radius 3 is 2.37 bits per heavy atom. The third kappa shape index (κ3) is 6.15. The highest BCUT2D eigenvalue weighted by Crippen LogP contribution is 2.07. The van der Waals surface area contributed by atoms with Crippen molar-refractivity contribution < 1.29 is 13.2 Å². The van der Waals surface area contributed by atoms with Gasteiger partial charge in [0.2, 0.25) is 10.0 Å². The molecule has 0 saturated carbocycles. The molecule has 1 aromatic carbocycles. The van der Waals surface area contributed by atoms with E-state index in [2.05, 4.69) is 4.72 Å². The molecular formula is C13H22N2O3S. The van der Waals surface area contributed by atoms with Crippen LogP contribution in [0.1, 0.15) is 25.0 Å². The van der Waals surface area contributed by atoms with Gasteiger partial charge in [0.05, 0.1) is 11.9 Å². The zero-order chi connectivity index (χ0) is 14.3. The number of benzene rings is 1. The second kappa shape index (κ2) is 7.59. The minimum absolute atomic E-state index is 0.0311. The van der Waals surface area contributed by atoms with E-state index in [9.17, 15) is 8.42 Å². The van der Waals surface area contributed by atoms with E-state index in [1.165, 1.54) is 0 Å². The highest BCUT2D eigenvalue weighted by atomic mass is 32.2. The van der Waals surface area contributed by atoms with E-state index < -0.39 is 10.0 Å². The summed E-state index contributed by atoms with van der Waals surface area (Å²) in [5, 5.41) is 0. The van der Waals surface area contributed by atoms with Crippen LogP contribution in [-0.4, -0.2) is 27.7 Å². The molecule has 0 heterocycles. The smallest absolute Gasteiger partial charge is 0.215 e. The zero-order valence-corrected chi connectivity index (χ0v) is 12.2. The monoisotopic (exact) mass is 286 g/mol. The van der Waals surface area contributed by atoms with Crippen LogP contribution in [0.4, 0.5) is 0 Å². The van der Waals surface area contributed by atoms with Crippen molar-refractivity contribution in [3.8, 4) is 0 Å². The fourth-order valence-corrected chi connectivity index (χ4v) is 2.85. The molecule has 5 nitrogen and oxygen atoms in total. The van der Waals surface area contributed by atoms with Crippen molar-refractivity contribution in [1.82, 2.24) is 4.72 Å². The van der Waals surface area contributed by atoms with Crippen LogP contribution in [0.3, 0.4) is 0 Å². The molecule has 0 amide bonds. The topological polar surface area (TPSA) is 81.4 Å². The van der Waals surface area contributed by atoms with Crippen molar-refractivity contribution in [3.63, 3.8) is 0 Å². The molecular weight excluding hydrogens is 264 g/mol. The molecule has 0 spiro atoms. The first kappa shape index (κ1) is 16.1. The van der Waals surface area contributed by atoms with Crippen LogP contribution >= 0.6 is 0 Å². The van der Waals surface area contributed by atoms with Gasteiger partial charge in [0.15, 0.2) is 0 Å². The lowest BCUT2D eigenvalue weighted by atomic mass is 10.1. The molecule has 6 heteroatoms. The third-order valence-corrected chi connectivity index (χ3v) is 3.98. The van der Waals surface area contributed by atoms with Crippen molar-refractivity contribution >= 4 is 10.0 Å². The van der Waals surface area contributed by atoms with Gasteiger partial charge in [-0.05, 0) is 25.0 Å². The average molecular weight is 286 g/mol. The Kier molecular flexibility index (Phi) is 6.44. The summed E-state index contributed by atoms with van der Waals surface area (Å²) in [5.41, 5.74) is 7.22. The van der Waals surface area contributed by atoms with Gasteiger partial charge in [-0.25, -0.2) is 13.1 Å². The first-order chi connectivity index (χ1) is 8.96. The summed E-state index contributed by atoms with van der Waals surface area (Å²) in [6, 6.07) is 7.25. The van der Waals surface area contributed by atoms with Gasteiger partial charge < -0.3 is 10.5 Å². The molecule has 1 atom stereocenters. The molecule has 0 fully saturated rings. The summed E-state index contributed by atoms with van der Waals surface area (Å²) in [5.74, 6) is -0.0311. The number of hydrogen-bond acceptors (Lipinski definition) is 4. The summed E-state index contributed by atoms with van der Waals surface area (Å²) >= 11 is 0. The first-order valence-corrected chi connectivity index (χ1v) is 7.99. The van der Waals surface area contributed by atoms with E-state index in [4.69, 9.17) is 10.5 Å². The van der Waals surface area contributed by atoms with E-state index >= 15 is 0 Å². The Labute approximate surface area is 115 Å². The molecule has 0 radical (unpaired) electrons. The van der Waals surface area contributed by atoms with E-state index in [-0.39, 0.29) is 18.4 Å². The maximum atomic E-state index is 11.9. The Morgan fingerprint density at radius 1 is 1.26 bits per heavy atom. The SMILES string of the molecule is CCOC(C)CNS(=O)(=O)Cc1ccc(CN)cc1. The van der Waals surface area contributed by atoms with Gasteiger partial charge in [-0.3, -0.25) is 0 Å². The van der Waals surface area contributed by atoms with Gasteiger partial charge in [0.25, 0.3) is 0 Å². The molecule has 0 aromatic heterocycles. The number of nitrogens with two attached hydrogens (primary N) is 1. The lowest BCUT2D eigenvalue weighted by molar-refractivity contribution is 0.0799. The van der Waals surface area contributed by atoms with Crippen LogP contribution in [0.2, 0.25) is 0 Å². The van der Waals surface area contributed by atoms with Crippen molar-refractivity contribution in [2.24, 2.45) is 5.73 Å². The van der Waals surface area contributed by atoms with Gasteiger partial charge >= 0.3 is 0 Å². The lowest BCUT2D eigenvalue weighted by Crippen LogP contribution is -2.33. The molecule has 1 unspecified atom stereocenters. The molecule has 0 aliphatic carbocycles. The van der Waals surface area contributed by atoms with Gasteiger partial charge in [0, 0.05) is 19.7 Å². The number of rotatable bonds is 8. The lowest BCUT2D eigenvalue weighted by Gasteiger charge is -2.13. The van der Waals surface area contributed by atoms with Crippen molar-refractivity contribution in [2.45, 2.75) is 32.2 Å². The van der Waals surface area contributed by atoms with Gasteiger partial charge in [-0.1, -0.05) is 24.3 Å². The Balaban J connectivity index is 2.53. The molecule has 0 saturated heterocycles. The summed E-state index contributed by atoms with van der Waals surface area (Å²) in [7, 11) is -3.33. The fourth-order valence-electron chi connectivity index (χ4n) is 1.63. The van der Waals surface area contributed by atoms with E-state index in [0.29, 0.717) is 13.2 Å². The largest absolute Gasteiger partial charge is 0.377 e. The van der Waals surface area contributed by atoms with Crippen LogP contribution < -0.4 is 10.5 Å². The molecule has 108 valence electrons. The molecule has 0 aliphatic rings. The van der Waals surface area contributed by atoms with E-state index in [1.54, 1.807) is 12.1 Å². The number of nitrogens with one attached hydrogen (secondary N) is 1. The highest BCUT2D eigenvalue weighted by Gasteiger charge is 2.13. The van der Waals surface area contributed by atoms with Crippen LogP contribution in [0.15, 0.2) is 24.3 Å². The van der Waals surface area contributed by atoms with E-state index in [1.807, 2.05) is 26.0 Å². The van der Waals surface area contributed by atoms with Crippen LogP contribution in [-0.2, 0) is 27.1 Å². The summed E-state index contributed by atoms with van der Waals surface area (Å²) in [6.07, 6.45) is -0.126. The second-order valence-corrected chi connectivity index (χ2v) is 6.20. The van der Waals surface area contributed by atoms with Crippen molar-refractivity contribution in [2.75, 3.05) is 13.2 Å². The second-order valence-electron chi connectivity index (χ2n) is 4.39. The predicted octanol–water partition coefficient (Wildman–Crippen LogP) is 0.990. The van der Waals surface area contributed by atoms with Crippen LogP contribution in [0, 0.1) is 0 Å². The average Bonchev–Trinajstić information content (AvgIpc) is 2.37. The minimum Gasteiger partial charge on any atom is -0.377 e. The van der Waals surface area contributed by atoms with Crippen LogP contribution in [0.5, 0.6) is 0 Å². The minimum atomic E-state index is -3.33. The summed E-state index contributed by atoms with van der Waals surface area (Å²) < 4.78 is 31.6. The van der Waals surface area contributed by atoms with Gasteiger partial charge in [-0.2, -0.15) is 0 Å². The zero-order valence-electron chi connectivity index (χ0n) is 11.4. The molecule has 0 bridgehead atoms. The molecule has 1 rings (SSSR count). The number of sulfonamides is 1. The Bertz CT molecular complexity index is 471. The number of ether oxygens (including phenoxy) is 1. The first-order valence-electron chi connectivity index (χ1n) is 6.33. The Hall–Kier alpha value is -0.950. The maximum absolute atomic E-state index is 11.9. The quantitative estimate of drug-likeness (QED) is 0.746. The molecule has 1 aromatic rings. The van der Waals surface area contributed by atoms with Crippen molar-refractivity contribution in [1.29, 1.82) is 0 Å². The highest BCUT2D eigenvalue weighted by molar-refractivity contribution is 7.88. The van der Waals surface area contributed by atoms with Gasteiger partial charge in [0.1, 0.15) is 0 Å². The third-order valence-electron chi connectivity index (χ3n) is 2.66. The fraction of sp³-hybridized carbons (Fsp3) is 0.538. The molecule has 0 aliphatic heterocycles. The standard InChI is InChI=1S/C13H22N2O3S/c1-3-18-11(2)9-15-19(16,17)10-13-6-4-12(8-14)5-7-13/h4-7,11,15H,3,8-10,14H2,1-2H3. The predicted molar refractivity (Wildman–Crippen MR) is 76.0 cm³/mol. The number of hydrogen-bond donors (Lipinski definition) is 2. The molecule has 19 heavy (non-hydrogen) atoms. The molecule has 3 N–H and O–H groups in total. The van der Waals surface area contributed by atoms with Gasteiger partial charge in [-0.15, -0.1) is 0 Å². The normalized spacial score (nSPS) is 13.4. The summed E-state index contributed by atoms with van der Waals surface area (Å²) in [6.45, 7) is 5.03. The maximum Gasteiger partial charge on any atom is 0.215 e. The van der Waals surface area contributed by atoms with Crippen LogP contribution in [0.25, 0.3) is 0 Å². The Morgan fingerprint density at radius 2 is 1.84 bits per heavy atom. The summed E-state index contributed by atoms with van der Waals surface area (Å²) in [4.78, 5) is 0. The van der Waals surface area contributed by atoms with E-state index in [0.717, 1.165) is 11.1 Å².